The molecule has 0 bridgehead atoms. The summed E-state index contributed by atoms with van der Waals surface area (Å²) in [4.78, 5) is 36.9. The molecule has 1 aliphatic carbocycles. The Bertz CT molecular complexity index is 1090. The van der Waals surface area contributed by atoms with E-state index in [4.69, 9.17) is 9.47 Å². The summed E-state index contributed by atoms with van der Waals surface area (Å²) in [5.41, 5.74) is 5.46. The van der Waals surface area contributed by atoms with E-state index in [9.17, 15) is 19.5 Å². The minimum Gasteiger partial charge on any atom is -0.480 e. The van der Waals surface area contributed by atoms with Crippen LogP contribution >= 0.6 is 0 Å². The third kappa shape index (κ3) is 5.54. The van der Waals surface area contributed by atoms with E-state index in [-0.39, 0.29) is 32.2 Å². The third-order valence-electron chi connectivity index (χ3n) is 6.44. The maximum Gasteiger partial charge on any atom is 0.407 e. The largest absolute Gasteiger partial charge is 0.480 e. The first-order valence-corrected chi connectivity index (χ1v) is 11.7. The number of allylic oxidation sites excluding steroid dienone is 1. The van der Waals surface area contributed by atoms with Gasteiger partial charge in [-0.3, -0.25) is 4.79 Å². The molecule has 1 heterocycles. The van der Waals surface area contributed by atoms with Gasteiger partial charge in [0, 0.05) is 5.92 Å². The summed E-state index contributed by atoms with van der Waals surface area (Å²) in [6.45, 7) is 4.12. The average Bonchev–Trinajstić information content (AvgIpc) is 3.42. The number of alkyl carbamates (subject to hydrolysis) is 1. The van der Waals surface area contributed by atoms with Gasteiger partial charge in [-0.15, -0.1) is 0 Å². The molecule has 184 valence electrons. The minimum absolute atomic E-state index is 0.0709. The number of carboxylic acid groups (broad SMARTS) is 1. The van der Waals surface area contributed by atoms with Gasteiger partial charge < -0.3 is 25.2 Å². The Hall–Kier alpha value is -3.65. The summed E-state index contributed by atoms with van der Waals surface area (Å²) in [5.74, 6) is -2.36. The fourth-order valence-corrected chi connectivity index (χ4v) is 4.60. The number of carbonyl (C=O) groups excluding carboxylic acids is 2. The molecule has 1 saturated heterocycles. The Morgan fingerprint density at radius 3 is 2.29 bits per heavy atom. The monoisotopic (exact) mass is 478 g/mol. The zero-order valence-corrected chi connectivity index (χ0v) is 19.8. The standard InChI is InChI=1S/C27H30N2O6/c1-16(2)11-12-23(26(31)32)28-25(30)22-13-34-15-24(22)29-27(33)35-14-21-19-9-5-3-7-17(19)18-8-4-6-10-20(18)21/h3-11,21-24H,12-15H2,1-2H3,(H,28,30)(H,29,33)(H,31,32). The lowest BCUT2D eigenvalue weighted by Gasteiger charge is -2.21. The zero-order chi connectivity index (χ0) is 24.9. The fourth-order valence-electron chi connectivity index (χ4n) is 4.60. The van der Waals surface area contributed by atoms with Crippen LogP contribution in [0.2, 0.25) is 0 Å². The molecule has 2 aromatic carbocycles. The third-order valence-corrected chi connectivity index (χ3v) is 6.44. The van der Waals surface area contributed by atoms with E-state index in [2.05, 4.69) is 22.8 Å². The van der Waals surface area contributed by atoms with E-state index < -0.39 is 36.0 Å². The molecule has 0 aromatic heterocycles. The van der Waals surface area contributed by atoms with E-state index in [1.165, 1.54) is 0 Å². The Morgan fingerprint density at radius 1 is 1.06 bits per heavy atom. The Morgan fingerprint density at radius 2 is 1.69 bits per heavy atom. The van der Waals surface area contributed by atoms with Crippen molar-refractivity contribution in [3.63, 3.8) is 0 Å². The van der Waals surface area contributed by atoms with Crippen molar-refractivity contribution in [3.8, 4) is 11.1 Å². The van der Waals surface area contributed by atoms with Crippen LogP contribution in [0.1, 0.15) is 37.3 Å². The number of rotatable bonds is 8. The number of fused-ring (bicyclic) bond motifs is 3. The van der Waals surface area contributed by atoms with E-state index in [1.54, 1.807) is 6.08 Å². The fraction of sp³-hybridized carbons (Fsp3) is 0.370. The van der Waals surface area contributed by atoms with Crippen molar-refractivity contribution in [3.05, 3.63) is 71.3 Å². The zero-order valence-electron chi connectivity index (χ0n) is 19.8. The number of aliphatic carboxylic acids is 1. The van der Waals surface area contributed by atoms with E-state index in [0.717, 1.165) is 27.8 Å². The van der Waals surface area contributed by atoms with Crippen LogP contribution in [-0.4, -0.2) is 55.0 Å². The molecular formula is C27H30N2O6. The number of hydrogen-bond acceptors (Lipinski definition) is 5. The molecular weight excluding hydrogens is 448 g/mol. The molecule has 2 aromatic rings. The molecule has 4 rings (SSSR count). The number of amides is 2. The maximum atomic E-state index is 12.8. The summed E-state index contributed by atoms with van der Waals surface area (Å²) in [6, 6.07) is 14.5. The number of nitrogens with one attached hydrogen (secondary N) is 2. The molecule has 0 saturated carbocycles. The first kappa shape index (κ1) is 24.5. The molecule has 3 unspecified atom stereocenters. The highest BCUT2D eigenvalue weighted by atomic mass is 16.5. The summed E-state index contributed by atoms with van der Waals surface area (Å²) < 4.78 is 11.0. The van der Waals surface area contributed by atoms with Crippen LogP contribution in [0.4, 0.5) is 4.79 Å². The molecule has 3 atom stereocenters. The lowest BCUT2D eigenvalue weighted by Crippen LogP contribution is -2.50. The number of carboxylic acids is 1. The molecule has 8 heteroatoms. The van der Waals surface area contributed by atoms with Gasteiger partial charge in [-0.25, -0.2) is 9.59 Å². The van der Waals surface area contributed by atoms with Crippen LogP contribution in [0, 0.1) is 5.92 Å². The quantitative estimate of drug-likeness (QED) is 0.501. The van der Waals surface area contributed by atoms with Gasteiger partial charge in [-0.2, -0.15) is 0 Å². The van der Waals surface area contributed by atoms with Gasteiger partial charge in [-0.05, 0) is 42.5 Å². The Balaban J connectivity index is 1.35. The SMILES string of the molecule is CC(C)=CCC(NC(=O)C1COCC1NC(=O)OCC1c2ccccc2-c2ccccc21)C(=O)O. The van der Waals surface area contributed by atoms with Crippen LogP contribution in [0.5, 0.6) is 0 Å². The van der Waals surface area contributed by atoms with Gasteiger partial charge in [-0.1, -0.05) is 60.2 Å². The van der Waals surface area contributed by atoms with Gasteiger partial charge in [0.1, 0.15) is 12.6 Å². The summed E-state index contributed by atoms with van der Waals surface area (Å²) in [5, 5.41) is 14.7. The van der Waals surface area contributed by atoms with E-state index in [0.29, 0.717) is 0 Å². The van der Waals surface area contributed by atoms with Gasteiger partial charge in [0.15, 0.2) is 0 Å². The van der Waals surface area contributed by atoms with E-state index >= 15 is 0 Å². The normalized spacial score (nSPS) is 19.3. The number of benzene rings is 2. The second-order valence-corrected chi connectivity index (χ2v) is 9.14. The van der Waals surface area contributed by atoms with Crippen molar-refractivity contribution in [2.45, 2.75) is 38.3 Å². The van der Waals surface area contributed by atoms with Gasteiger partial charge in [0.05, 0.1) is 25.2 Å². The van der Waals surface area contributed by atoms with E-state index in [1.807, 2.05) is 50.2 Å². The lowest BCUT2D eigenvalue weighted by molar-refractivity contribution is -0.142. The summed E-state index contributed by atoms with van der Waals surface area (Å²) >= 11 is 0. The number of hydrogen-bond donors (Lipinski definition) is 3. The van der Waals surface area contributed by atoms with Crippen molar-refractivity contribution < 1.29 is 29.0 Å². The summed E-state index contributed by atoms with van der Waals surface area (Å²) in [7, 11) is 0. The van der Waals surface area contributed by atoms with Crippen molar-refractivity contribution in [2.75, 3.05) is 19.8 Å². The highest BCUT2D eigenvalue weighted by molar-refractivity contribution is 5.86. The molecule has 0 spiro atoms. The minimum atomic E-state index is -1.11. The van der Waals surface area contributed by atoms with Crippen molar-refractivity contribution >= 4 is 18.0 Å². The smallest absolute Gasteiger partial charge is 0.407 e. The van der Waals surface area contributed by atoms with Crippen LogP contribution in [0.3, 0.4) is 0 Å². The Labute approximate surface area is 204 Å². The van der Waals surface area contributed by atoms with Crippen molar-refractivity contribution in [2.24, 2.45) is 5.92 Å². The first-order valence-electron chi connectivity index (χ1n) is 11.7. The molecule has 0 radical (unpaired) electrons. The summed E-state index contributed by atoms with van der Waals surface area (Å²) in [6.07, 6.45) is 1.30. The van der Waals surface area contributed by atoms with Crippen molar-refractivity contribution in [1.82, 2.24) is 10.6 Å². The topological polar surface area (TPSA) is 114 Å². The number of carbonyl (C=O) groups is 3. The second kappa shape index (κ2) is 10.7. The highest BCUT2D eigenvalue weighted by Crippen LogP contribution is 2.44. The molecule has 2 amide bonds. The first-order chi connectivity index (χ1) is 16.8. The molecule has 8 nitrogen and oxygen atoms in total. The maximum absolute atomic E-state index is 12.8. The van der Waals surface area contributed by atoms with Crippen LogP contribution in [0.25, 0.3) is 11.1 Å². The Kier molecular flexibility index (Phi) is 7.51. The highest BCUT2D eigenvalue weighted by Gasteiger charge is 2.37. The molecule has 1 fully saturated rings. The van der Waals surface area contributed by atoms with Gasteiger partial charge in [0.2, 0.25) is 5.91 Å². The van der Waals surface area contributed by atoms with Crippen LogP contribution in [-0.2, 0) is 19.1 Å². The van der Waals surface area contributed by atoms with Crippen LogP contribution < -0.4 is 10.6 Å². The lowest BCUT2D eigenvalue weighted by atomic mass is 9.98. The van der Waals surface area contributed by atoms with Gasteiger partial charge >= 0.3 is 12.1 Å². The molecule has 1 aliphatic heterocycles. The second-order valence-electron chi connectivity index (χ2n) is 9.14. The van der Waals surface area contributed by atoms with Crippen molar-refractivity contribution in [1.29, 1.82) is 0 Å². The molecule has 35 heavy (non-hydrogen) atoms. The average molecular weight is 479 g/mol. The predicted molar refractivity (Wildman–Crippen MR) is 130 cm³/mol. The predicted octanol–water partition coefficient (Wildman–Crippen LogP) is 3.47. The van der Waals surface area contributed by atoms with Crippen LogP contribution in [0.15, 0.2) is 60.2 Å². The number of ether oxygens (including phenoxy) is 2. The molecule has 3 N–H and O–H groups in total. The van der Waals surface area contributed by atoms with Gasteiger partial charge in [0.25, 0.3) is 0 Å². The molecule has 2 aliphatic rings.